The second-order valence-electron chi connectivity index (χ2n) is 6.73. The SMILES string of the molecule is O=C(CCn1c(-c2cccs2)n[nH]c1=S)Nc1cccc(COc2cccc(F)c2)c1. The minimum absolute atomic E-state index is 0.136. The molecule has 4 rings (SSSR count). The van der Waals surface area contributed by atoms with E-state index in [1.165, 1.54) is 12.1 Å². The Bertz CT molecular complexity index is 1230. The average molecular weight is 455 g/mol. The van der Waals surface area contributed by atoms with E-state index in [9.17, 15) is 9.18 Å². The van der Waals surface area contributed by atoms with Crippen molar-refractivity contribution in [3.8, 4) is 16.5 Å². The average Bonchev–Trinajstić information content (AvgIpc) is 3.41. The Kier molecular flexibility index (Phi) is 6.54. The van der Waals surface area contributed by atoms with Gasteiger partial charge in [-0.2, -0.15) is 5.10 Å². The molecule has 31 heavy (non-hydrogen) atoms. The van der Waals surface area contributed by atoms with Gasteiger partial charge in [0.2, 0.25) is 5.91 Å². The Labute approximate surface area is 187 Å². The van der Waals surface area contributed by atoms with Gasteiger partial charge in [-0.15, -0.1) is 11.3 Å². The molecule has 0 aliphatic carbocycles. The number of aromatic nitrogens is 3. The molecule has 0 atom stereocenters. The third kappa shape index (κ3) is 5.44. The lowest BCUT2D eigenvalue weighted by Gasteiger charge is -2.10. The summed E-state index contributed by atoms with van der Waals surface area (Å²) in [6, 6.07) is 17.2. The molecule has 9 heteroatoms. The molecule has 0 bridgehead atoms. The normalized spacial score (nSPS) is 10.7. The van der Waals surface area contributed by atoms with Crippen LogP contribution < -0.4 is 10.1 Å². The summed E-state index contributed by atoms with van der Waals surface area (Å²) >= 11 is 6.87. The summed E-state index contributed by atoms with van der Waals surface area (Å²) in [5.74, 6) is 0.694. The van der Waals surface area contributed by atoms with Gasteiger partial charge < -0.3 is 10.1 Å². The fourth-order valence-corrected chi connectivity index (χ4v) is 3.96. The van der Waals surface area contributed by atoms with Gasteiger partial charge in [0.05, 0.1) is 4.88 Å². The number of rotatable bonds is 8. The minimum Gasteiger partial charge on any atom is -0.489 e. The van der Waals surface area contributed by atoms with Crippen LogP contribution in [0.4, 0.5) is 10.1 Å². The number of carbonyl (C=O) groups excluding carboxylic acids is 1. The molecular formula is C22H19FN4O2S2. The summed E-state index contributed by atoms with van der Waals surface area (Å²) < 4.78 is 21.2. The lowest BCUT2D eigenvalue weighted by atomic mass is 10.2. The number of nitrogens with zero attached hydrogens (tertiary/aromatic N) is 2. The summed E-state index contributed by atoms with van der Waals surface area (Å²) in [7, 11) is 0. The van der Waals surface area contributed by atoms with Crippen molar-refractivity contribution >= 4 is 35.1 Å². The number of halogens is 1. The van der Waals surface area contributed by atoms with Crippen LogP contribution in [0.2, 0.25) is 0 Å². The Morgan fingerprint density at radius 2 is 2.06 bits per heavy atom. The van der Waals surface area contributed by atoms with Crippen LogP contribution in [0, 0.1) is 10.6 Å². The zero-order valence-electron chi connectivity index (χ0n) is 16.4. The minimum atomic E-state index is -0.349. The molecule has 0 unspecified atom stereocenters. The molecule has 6 nitrogen and oxygen atoms in total. The van der Waals surface area contributed by atoms with Gasteiger partial charge in [-0.3, -0.25) is 14.5 Å². The van der Waals surface area contributed by atoms with Crippen LogP contribution in [-0.4, -0.2) is 20.7 Å². The first kappa shape index (κ1) is 21.0. The third-order valence-corrected chi connectivity index (χ3v) is 5.65. The molecule has 2 N–H and O–H groups in total. The number of benzene rings is 2. The van der Waals surface area contributed by atoms with Crippen LogP contribution in [0.15, 0.2) is 66.0 Å². The quantitative estimate of drug-likeness (QED) is 0.349. The van der Waals surface area contributed by atoms with Gasteiger partial charge >= 0.3 is 0 Å². The topological polar surface area (TPSA) is 71.9 Å². The predicted octanol–water partition coefficient (Wildman–Crippen LogP) is 5.42. The van der Waals surface area contributed by atoms with E-state index in [0.29, 0.717) is 22.8 Å². The van der Waals surface area contributed by atoms with Crippen molar-refractivity contribution in [1.29, 1.82) is 0 Å². The molecule has 0 saturated heterocycles. The van der Waals surface area contributed by atoms with E-state index in [1.54, 1.807) is 23.5 Å². The molecule has 0 radical (unpaired) electrons. The number of amides is 1. The largest absolute Gasteiger partial charge is 0.489 e. The smallest absolute Gasteiger partial charge is 0.226 e. The lowest BCUT2D eigenvalue weighted by molar-refractivity contribution is -0.116. The first-order valence-corrected chi connectivity index (χ1v) is 10.8. The summed E-state index contributed by atoms with van der Waals surface area (Å²) in [6.45, 7) is 0.679. The number of nitrogens with one attached hydrogen (secondary N) is 2. The molecule has 4 aromatic rings. The fourth-order valence-electron chi connectivity index (χ4n) is 3.02. The number of H-pyrrole nitrogens is 1. The van der Waals surface area contributed by atoms with Crippen molar-refractivity contribution in [1.82, 2.24) is 14.8 Å². The highest BCUT2D eigenvalue weighted by atomic mass is 32.1. The molecule has 0 aliphatic rings. The van der Waals surface area contributed by atoms with Crippen LogP contribution >= 0.6 is 23.6 Å². The van der Waals surface area contributed by atoms with Gasteiger partial charge in [-0.05, 0) is 53.5 Å². The number of hydrogen-bond donors (Lipinski definition) is 2. The van der Waals surface area contributed by atoms with E-state index < -0.39 is 0 Å². The maximum Gasteiger partial charge on any atom is 0.226 e. The second kappa shape index (κ2) is 9.67. The van der Waals surface area contributed by atoms with Gasteiger partial charge in [0, 0.05) is 24.7 Å². The van der Waals surface area contributed by atoms with Crippen LogP contribution in [0.1, 0.15) is 12.0 Å². The molecule has 0 fully saturated rings. The van der Waals surface area contributed by atoms with Gasteiger partial charge in [-0.25, -0.2) is 4.39 Å². The molecule has 0 aliphatic heterocycles. The van der Waals surface area contributed by atoms with Crippen molar-refractivity contribution in [3.63, 3.8) is 0 Å². The second-order valence-corrected chi connectivity index (χ2v) is 8.06. The van der Waals surface area contributed by atoms with Crippen molar-refractivity contribution in [2.24, 2.45) is 0 Å². The number of thiophene rings is 1. The maximum atomic E-state index is 13.3. The van der Waals surface area contributed by atoms with Crippen LogP contribution in [0.3, 0.4) is 0 Å². The highest BCUT2D eigenvalue weighted by molar-refractivity contribution is 7.71. The number of carbonyl (C=O) groups is 1. The maximum absolute atomic E-state index is 13.3. The molecular weight excluding hydrogens is 435 g/mol. The van der Waals surface area contributed by atoms with Crippen LogP contribution in [0.5, 0.6) is 5.75 Å². The summed E-state index contributed by atoms with van der Waals surface area (Å²) in [4.78, 5) is 13.5. The van der Waals surface area contributed by atoms with Crippen molar-refractivity contribution in [2.75, 3.05) is 5.32 Å². The Morgan fingerprint density at radius 3 is 2.87 bits per heavy atom. The van der Waals surface area contributed by atoms with E-state index in [0.717, 1.165) is 16.3 Å². The Hall–Kier alpha value is -3.30. The summed E-state index contributed by atoms with van der Waals surface area (Å²) in [6.07, 6.45) is 0.246. The fraction of sp³-hybridized carbons (Fsp3) is 0.136. The molecule has 0 spiro atoms. The molecule has 2 aromatic carbocycles. The zero-order valence-corrected chi connectivity index (χ0v) is 18.0. The van der Waals surface area contributed by atoms with E-state index >= 15 is 0 Å². The van der Waals surface area contributed by atoms with Crippen molar-refractivity contribution in [2.45, 2.75) is 19.6 Å². The van der Waals surface area contributed by atoms with E-state index in [-0.39, 0.29) is 24.8 Å². The molecule has 158 valence electrons. The monoisotopic (exact) mass is 454 g/mol. The summed E-state index contributed by atoms with van der Waals surface area (Å²) in [5, 5.41) is 11.9. The Balaban J connectivity index is 1.35. The van der Waals surface area contributed by atoms with Crippen molar-refractivity contribution in [3.05, 3.63) is 82.2 Å². The number of aromatic amines is 1. The van der Waals surface area contributed by atoms with E-state index in [2.05, 4.69) is 15.5 Å². The molecule has 1 amide bonds. The first-order chi connectivity index (χ1) is 15.1. The summed E-state index contributed by atoms with van der Waals surface area (Å²) in [5.41, 5.74) is 1.53. The Morgan fingerprint density at radius 1 is 1.19 bits per heavy atom. The van der Waals surface area contributed by atoms with Gasteiger partial charge in [-0.1, -0.05) is 24.3 Å². The number of anilines is 1. The zero-order chi connectivity index (χ0) is 21.6. The standard InChI is InChI=1S/C22H19FN4O2S2/c23-16-5-2-7-18(13-16)29-14-15-4-1-6-17(12-15)24-20(28)9-10-27-21(25-26-22(27)30)19-8-3-11-31-19/h1-8,11-13H,9-10,14H2,(H,24,28)(H,26,30). The van der Waals surface area contributed by atoms with Gasteiger partial charge in [0.15, 0.2) is 10.6 Å². The lowest BCUT2D eigenvalue weighted by Crippen LogP contribution is -2.15. The molecule has 2 aromatic heterocycles. The molecule has 2 heterocycles. The highest BCUT2D eigenvalue weighted by Gasteiger charge is 2.12. The van der Waals surface area contributed by atoms with Crippen LogP contribution in [-0.2, 0) is 17.9 Å². The number of hydrogen-bond acceptors (Lipinski definition) is 5. The third-order valence-electron chi connectivity index (χ3n) is 4.47. The van der Waals surface area contributed by atoms with E-state index in [4.69, 9.17) is 17.0 Å². The first-order valence-electron chi connectivity index (χ1n) is 9.55. The van der Waals surface area contributed by atoms with Crippen LogP contribution in [0.25, 0.3) is 10.7 Å². The van der Waals surface area contributed by atoms with E-state index in [1.807, 2.05) is 46.3 Å². The number of ether oxygens (including phenoxy) is 1. The molecule has 0 saturated carbocycles. The predicted molar refractivity (Wildman–Crippen MR) is 121 cm³/mol. The van der Waals surface area contributed by atoms with Crippen molar-refractivity contribution < 1.29 is 13.9 Å². The van der Waals surface area contributed by atoms with Gasteiger partial charge in [0.1, 0.15) is 18.2 Å². The van der Waals surface area contributed by atoms with Gasteiger partial charge in [0.25, 0.3) is 0 Å². The highest BCUT2D eigenvalue weighted by Crippen LogP contribution is 2.23.